The van der Waals surface area contributed by atoms with E-state index in [0.717, 1.165) is 12.7 Å². The number of methoxy groups -OCH3 is 1. The molecule has 8 heteroatoms. The fraction of sp³-hybridized carbons (Fsp3) is 0.296. The summed E-state index contributed by atoms with van der Waals surface area (Å²) in [6.45, 7) is 1.86. The van der Waals surface area contributed by atoms with Crippen molar-refractivity contribution in [3.8, 4) is 0 Å². The van der Waals surface area contributed by atoms with Gasteiger partial charge < -0.3 is 18.9 Å². The third kappa shape index (κ3) is 6.02. The smallest absolute Gasteiger partial charge is 0.367 e. The van der Waals surface area contributed by atoms with E-state index in [1.807, 2.05) is 0 Å². The first kappa shape index (κ1) is 25.8. The highest BCUT2D eigenvalue weighted by molar-refractivity contribution is 6.04. The highest BCUT2D eigenvalue weighted by Gasteiger charge is 2.54. The van der Waals surface area contributed by atoms with Gasteiger partial charge in [0.1, 0.15) is 24.0 Å². The van der Waals surface area contributed by atoms with Crippen LogP contribution in [0.1, 0.15) is 24.5 Å². The van der Waals surface area contributed by atoms with Gasteiger partial charge in [-0.2, -0.15) is 0 Å². The van der Waals surface area contributed by atoms with E-state index in [9.17, 15) is 18.8 Å². The van der Waals surface area contributed by atoms with Gasteiger partial charge in [-0.1, -0.05) is 48.5 Å². The van der Waals surface area contributed by atoms with Crippen LogP contribution >= 0.6 is 0 Å². The summed E-state index contributed by atoms with van der Waals surface area (Å²) in [4.78, 5) is 37.7. The second-order valence-corrected chi connectivity index (χ2v) is 7.70. The minimum atomic E-state index is -2.26. The number of ether oxygens (including phenoxy) is 4. The van der Waals surface area contributed by atoms with Crippen molar-refractivity contribution in [2.75, 3.05) is 20.3 Å². The third-order valence-electron chi connectivity index (χ3n) is 5.44. The lowest BCUT2D eigenvalue weighted by Crippen LogP contribution is -2.49. The summed E-state index contributed by atoms with van der Waals surface area (Å²) >= 11 is 0. The van der Waals surface area contributed by atoms with Crippen molar-refractivity contribution >= 4 is 18.2 Å². The number of rotatable bonds is 11. The van der Waals surface area contributed by atoms with Gasteiger partial charge in [-0.25, -0.2) is 14.0 Å². The highest BCUT2D eigenvalue weighted by Crippen LogP contribution is 2.35. The van der Waals surface area contributed by atoms with Crippen LogP contribution in [0.15, 0.2) is 78.1 Å². The molecular weight excluding hydrogens is 455 g/mol. The first-order valence-corrected chi connectivity index (χ1v) is 11.2. The van der Waals surface area contributed by atoms with Gasteiger partial charge in [0.15, 0.2) is 0 Å². The highest BCUT2D eigenvalue weighted by atomic mass is 19.1. The average molecular weight is 483 g/mol. The largest absolute Gasteiger partial charge is 0.465 e. The quantitative estimate of drug-likeness (QED) is 0.273. The van der Waals surface area contributed by atoms with E-state index in [1.165, 1.54) is 18.2 Å². The van der Waals surface area contributed by atoms with E-state index < -0.39 is 23.6 Å². The molecule has 0 spiro atoms. The van der Waals surface area contributed by atoms with Crippen molar-refractivity contribution in [3.63, 3.8) is 0 Å². The normalized spacial score (nSPS) is 16.8. The maximum absolute atomic E-state index is 13.2. The Morgan fingerprint density at radius 2 is 1.80 bits per heavy atom. The molecule has 2 aromatic rings. The fourth-order valence-electron chi connectivity index (χ4n) is 3.66. The number of hydrogen-bond donors (Lipinski definition) is 0. The van der Waals surface area contributed by atoms with E-state index in [1.54, 1.807) is 55.5 Å². The summed E-state index contributed by atoms with van der Waals surface area (Å²) in [6, 6.07) is 14.2. The van der Waals surface area contributed by atoms with Crippen molar-refractivity contribution < 1.29 is 37.7 Å². The molecule has 2 unspecified atom stereocenters. The fourth-order valence-corrected chi connectivity index (χ4v) is 3.66. The molecule has 0 heterocycles. The lowest BCUT2D eigenvalue weighted by molar-refractivity contribution is -0.188. The van der Waals surface area contributed by atoms with Crippen LogP contribution in [-0.2, 0) is 45.4 Å². The summed E-state index contributed by atoms with van der Waals surface area (Å²) in [6.07, 6.45) is 3.82. The number of carbonyl (C=O) groups is 3. The van der Waals surface area contributed by atoms with Gasteiger partial charge in [0, 0.05) is 11.1 Å². The van der Waals surface area contributed by atoms with Crippen molar-refractivity contribution in [2.24, 2.45) is 0 Å². The van der Waals surface area contributed by atoms with Crippen LogP contribution < -0.4 is 0 Å². The molecule has 2 atom stereocenters. The number of esters is 2. The second-order valence-electron chi connectivity index (χ2n) is 7.70. The summed E-state index contributed by atoms with van der Waals surface area (Å²) in [5.41, 5.74) is -0.869. The Hall–Kier alpha value is -3.78. The van der Waals surface area contributed by atoms with Crippen molar-refractivity contribution in [1.82, 2.24) is 0 Å². The predicted molar refractivity (Wildman–Crippen MR) is 125 cm³/mol. The summed E-state index contributed by atoms with van der Waals surface area (Å²) < 4.78 is 35.5. The monoisotopic (exact) mass is 482 g/mol. The maximum Gasteiger partial charge on any atom is 0.367 e. The molecule has 0 saturated heterocycles. The van der Waals surface area contributed by atoms with Gasteiger partial charge in [0.05, 0.1) is 20.3 Å². The first-order chi connectivity index (χ1) is 16.9. The molecule has 184 valence electrons. The van der Waals surface area contributed by atoms with Gasteiger partial charge in [-0.05, 0) is 43.5 Å². The topological polar surface area (TPSA) is 88.1 Å². The summed E-state index contributed by atoms with van der Waals surface area (Å²) in [5.74, 6) is -2.15. The van der Waals surface area contributed by atoms with E-state index in [-0.39, 0.29) is 36.8 Å². The van der Waals surface area contributed by atoms with E-state index >= 15 is 0 Å². The Morgan fingerprint density at radius 3 is 2.43 bits per heavy atom. The minimum Gasteiger partial charge on any atom is -0.465 e. The lowest BCUT2D eigenvalue weighted by atomic mass is 9.92. The van der Waals surface area contributed by atoms with Crippen LogP contribution in [0.3, 0.4) is 0 Å². The number of aldehydes is 1. The Balaban J connectivity index is 1.93. The van der Waals surface area contributed by atoms with Crippen LogP contribution in [0, 0.1) is 5.82 Å². The molecular formula is C27H27FO7. The Labute approximate surface area is 203 Å². The zero-order chi connectivity index (χ0) is 25.3. The van der Waals surface area contributed by atoms with E-state index in [4.69, 9.17) is 18.9 Å². The number of halogens is 1. The minimum absolute atomic E-state index is 0.00388. The van der Waals surface area contributed by atoms with Crippen LogP contribution in [0.5, 0.6) is 0 Å². The molecule has 0 fully saturated rings. The molecule has 0 aliphatic heterocycles. The van der Waals surface area contributed by atoms with Crippen LogP contribution in [0.4, 0.5) is 4.39 Å². The molecule has 0 N–H and O–H groups in total. The number of benzene rings is 2. The van der Waals surface area contributed by atoms with Gasteiger partial charge in [0.25, 0.3) is 0 Å². The van der Waals surface area contributed by atoms with Crippen molar-refractivity contribution in [2.45, 2.75) is 31.5 Å². The SMILES string of the molecule is CCOC(=O)C(OC1=CC(C=O)=CCC1OCCc1ccc(F)cc1)(C(=O)OC)c1ccccc1. The maximum atomic E-state index is 13.2. The van der Waals surface area contributed by atoms with Gasteiger partial charge in [-0.3, -0.25) is 4.79 Å². The summed E-state index contributed by atoms with van der Waals surface area (Å²) in [5, 5.41) is 0. The van der Waals surface area contributed by atoms with E-state index in [0.29, 0.717) is 18.3 Å². The van der Waals surface area contributed by atoms with Crippen LogP contribution in [0.25, 0.3) is 0 Å². The third-order valence-corrected chi connectivity index (χ3v) is 5.44. The van der Waals surface area contributed by atoms with Crippen molar-refractivity contribution in [3.05, 3.63) is 95.0 Å². The number of allylic oxidation sites excluding steroid dienone is 2. The van der Waals surface area contributed by atoms with Crippen LogP contribution in [0.2, 0.25) is 0 Å². The molecule has 0 radical (unpaired) electrons. The molecule has 3 rings (SSSR count). The van der Waals surface area contributed by atoms with E-state index in [2.05, 4.69) is 0 Å². The molecule has 7 nitrogen and oxygen atoms in total. The van der Waals surface area contributed by atoms with Crippen LogP contribution in [-0.4, -0.2) is 44.7 Å². The number of hydrogen-bond acceptors (Lipinski definition) is 7. The Bertz CT molecular complexity index is 1090. The average Bonchev–Trinajstić information content (AvgIpc) is 2.89. The van der Waals surface area contributed by atoms with Gasteiger partial charge >= 0.3 is 17.5 Å². The Kier molecular flexibility index (Phi) is 8.92. The molecule has 0 bridgehead atoms. The van der Waals surface area contributed by atoms with Crippen molar-refractivity contribution in [1.29, 1.82) is 0 Å². The molecule has 1 aliphatic carbocycles. The first-order valence-electron chi connectivity index (χ1n) is 11.2. The molecule has 2 aromatic carbocycles. The molecule has 35 heavy (non-hydrogen) atoms. The lowest BCUT2D eigenvalue weighted by Gasteiger charge is -2.34. The second kappa shape index (κ2) is 12.1. The standard InChI is InChI=1S/C27H27FO7/c1-3-33-26(31)27(25(30)32-2,21-7-5-4-6-8-21)35-24-17-20(18-29)11-14-23(24)34-16-15-19-9-12-22(28)13-10-19/h4-13,17-18,23H,3,14-16H2,1-2H3. The zero-order valence-corrected chi connectivity index (χ0v) is 19.6. The predicted octanol–water partition coefficient (Wildman–Crippen LogP) is 3.81. The molecule has 0 aromatic heterocycles. The Morgan fingerprint density at radius 1 is 1.09 bits per heavy atom. The number of carbonyl (C=O) groups excluding carboxylic acids is 3. The van der Waals surface area contributed by atoms with Gasteiger partial charge in [-0.15, -0.1) is 0 Å². The van der Waals surface area contributed by atoms with Gasteiger partial charge in [0.2, 0.25) is 0 Å². The molecule has 1 aliphatic rings. The summed E-state index contributed by atoms with van der Waals surface area (Å²) in [7, 11) is 1.14. The molecule has 0 amide bonds. The molecule has 0 saturated carbocycles. The zero-order valence-electron chi connectivity index (χ0n) is 19.6.